The Labute approximate surface area is 155 Å². The molecular formula is C19H13N5O2S. The Kier molecular flexibility index (Phi) is 4.06. The molecule has 2 aromatic carbocycles. The van der Waals surface area contributed by atoms with Gasteiger partial charge in [0.25, 0.3) is 10.0 Å². The summed E-state index contributed by atoms with van der Waals surface area (Å²) in [6.45, 7) is 0. The summed E-state index contributed by atoms with van der Waals surface area (Å²) in [6, 6.07) is 16.5. The Bertz CT molecular complexity index is 1240. The molecule has 0 spiro atoms. The summed E-state index contributed by atoms with van der Waals surface area (Å²) in [5.74, 6) is 0.566. The summed E-state index contributed by atoms with van der Waals surface area (Å²) in [5.41, 5.74) is 2.27. The van der Waals surface area contributed by atoms with Crippen molar-refractivity contribution < 1.29 is 8.42 Å². The molecule has 4 aromatic rings. The predicted octanol–water partition coefficient (Wildman–Crippen LogP) is 3.07. The molecule has 0 saturated carbocycles. The van der Waals surface area contributed by atoms with Gasteiger partial charge in [-0.3, -0.25) is 9.12 Å². The SMILES string of the molecule is N#Cc1ccc(S(=O)(=O)Nc2cccc(-c3cn4cccnc4n3)c2)cc1. The summed E-state index contributed by atoms with van der Waals surface area (Å²) in [5, 5.41) is 8.83. The highest BCUT2D eigenvalue weighted by atomic mass is 32.2. The van der Waals surface area contributed by atoms with Gasteiger partial charge < -0.3 is 0 Å². The first kappa shape index (κ1) is 16.8. The minimum absolute atomic E-state index is 0.0869. The Morgan fingerprint density at radius 1 is 1.07 bits per heavy atom. The normalized spacial score (nSPS) is 11.2. The number of aromatic nitrogens is 3. The second-order valence-electron chi connectivity index (χ2n) is 5.78. The Morgan fingerprint density at radius 3 is 2.63 bits per heavy atom. The van der Waals surface area contributed by atoms with Gasteiger partial charge in [0.1, 0.15) is 0 Å². The lowest BCUT2D eigenvalue weighted by Crippen LogP contribution is -2.12. The number of rotatable bonds is 4. The largest absolute Gasteiger partial charge is 0.291 e. The van der Waals surface area contributed by atoms with E-state index in [0.29, 0.717) is 22.7 Å². The van der Waals surface area contributed by atoms with Crippen molar-refractivity contribution in [3.05, 3.63) is 78.8 Å². The predicted molar refractivity (Wildman–Crippen MR) is 100 cm³/mol. The van der Waals surface area contributed by atoms with Gasteiger partial charge in [-0.05, 0) is 42.5 Å². The molecule has 0 fully saturated rings. The van der Waals surface area contributed by atoms with Crippen LogP contribution in [-0.4, -0.2) is 22.8 Å². The van der Waals surface area contributed by atoms with Crippen LogP contribution >= 0.6 is 0 Å². The van der Waals surface area contributed by atoms with Gasteiger partial charge in [-0.2, -0.15) is 5.26 Å². The van der Waals surface area contributed by atoms with E-state index in [4.69, 9.17) is 5.26 Å². The molecule has 4 rings (SSSR count). The first-order chi connectivity index (χ1) is 13.0. The van der Waals surface area contributed by atoms with E-state index >= 15 is 0 Å². The van der Waals surface area contributed by atoms with Crippen molar-refractivity contribution in [1.29, 1.82) is 5.26 Å². The van der Waals surface area contributed by atoms with Crippen LogP contribution in [0, 0.1) is 11.3 Å². The van der Waals surface area contributed by atoms with Crippen LogP contribution in [-0.2, 0) is 10.0 Å². The van der Waals surface area contributed by atoms with Gasteiger partial charge >= 0.3 is 0 Å². The monoisotopic (exact) mass is 375 g/mol. The quantitative estimate of drug-likeness (QED) is 0.591. The molecule has 0 unspecified atom stereocenters. The highest BCUT2D eigenvalue weighted by Gasteiger charge is 2.15. The van der Waals surface area contributed by atoms with Crippen molar-refractivity contribution in [1.82, 2.24) is 14.4 Å². The number of nitrogens with zero attached hydrogens (tertiary/aromatic N) is 4. The molecule has 1 N–H and O–H groups in total. The zero-order valence-corrected chi connectivity index (χ0v) is 14.8. The number of benzene rings is 2. The lowest BCUT2D eigenvalue weighted by Gasteiger charge is -2.09. The molecule has 27 heavy (non-hydrogen) atoms. The number of hydrogen-bond acceptors (Lipinski definition) is 5. The molecule has 0 amide bonds. The van der Waals surface area contributed by atoms with Crippen molar-refractivity contribution in [2.75, 3.05) is 4.72 Å². The summed E-state index contributed by atoms with van der Waals surface area (Å²) < 4.78 is 29.5. The molecule has 0 saturated heterocycles. The van der Waals surface area contributed by atoms with E-state index in [2.05, 4.69) is 14.7 Å². The van der Waals surface area contributed by atoms with Crippen molar-refractivity contribution in [2.45, 2.75) is 4.90 Å². The van der Waals surface area contributed by atoms with Gasteiger partial charge in [-0.25, -0.2) is 18.4 Å². The minimum atomic E-state index is -3.76. The van der Waals surface area contributed by atoms with Gasteiger partial charge in [0.15, 0.2) is 0 Å². The summed E-state index contributed by atoms with van der Waals surface area (Å²) >= 11 is 0. The second kappa shape index (κ2) is 6.55. The van der Waals surface area contributed by atoms with E-state index in [1.54, 1.807) is 34.9 Å². The first-order valence-corrected chi connectivity index (χ1v) is 9.47. The molecule has 0 aliphatic rings. The Morgan fingerprint density at radius 2 is 1.89 bits per heavy atom. The van der Waals surface area contributed by atoms with Crippen molar-refractivity contribution >= 4 is 21.5 Å². The van der Waals surface area contributed by atoms with Gasteiger partial charge in [0.2, 0.25) is 5.78 Å². The molecule has 7 nitrogen and oxygen atoms in total. The summed E-state index contributed by atoms with van der Waals surface area (Å²) in [7, 11) is -3.76. The zero-order valence-electron chi connectivity index (χ0n) is 13.9. The van der Waals surface area contributed by atoms with E-state index in [-0.39, 0.29) is 4.90 Å². The van der Waals surface area contributed by atoms with Crippen molar-refractivity contribution in [2.24, 2.45) is 0 Å². The number of nitriles is 1. The van der Waals surface area contributed by atoms with Crippen molar-refractivity contribution in [3.8, 4) is 17.3 Å². The summed E-state index contributed by atoms with van der Waals surface area (Å²) in [6.07, 6.45) is 5.33. The second-order valence-corrected chi connectivity index (χ2v) is 7.46. The number of anilines is 1. The third-order valence-electron chi connectivity index (χ3n) is 3.94. The number of sulfonamides is 1. The van der Waals surface area contributed by atoms with E-state index in [1.165, 1.54) is 24.3 Å². The molecule has 132 valence electrons. The van der Waals surface area contributed by atoms with E-state index in [0.717, 1.165) is 5.56 Å². The van der Waals surface area contributed by atoms with Crippen LogP contribution in [0.5, 0.6) is 0 Å². The van der Waals surface area contributed by atoms with Crippen LogP contribution in [0.3, 0.4) is 0 Å². The van der Waals surface area contributed by atoms with Crippen LogP contribution in [0.15, 0.2) is 78.1 Å². The lowest BCUT2D eigenvalue weighted by molar-refractivity contribution is 0.601. The van der Waals surface area contributed by atoms with Gasteiger partial charge in [0.05, 0.1) is 22.2 Å². The molecule has 2 heterocycles. The Hall–Kier alpha value is -3.70. The van der Waals surface area contributed by atoms with Crippen LogP contribution in [0.25, 0.3) is 17.0 Å². The van der Waals surface area contributed by atoms with Crippen LogP contribution in [0.4, 0.5) is 5.69 Å². The fourth-order valence-corrected chi connectivity index (χ4v) is 3.68. The average molecular weight is 375 g/mol. The molecular weight excluding hydrogens is 362 g/mol. The van der Waals surface area contributed by atoms with E-state index in [9.17, 15) is 8.42 Å². The summed E-state index contributed by atoms with van der Waals surface area (Å²) in [4.78, 5) is 8.71. The highest BCUT2D eigenvalue weighted by molar-refractivity contribution is 7.92. The fraction of sp³-hybridized carbons (Fsp3) is 0. The van der Waals surface area contributed by atoms with Crippen LogP contribution in [0.1, 0.15) is 5.56 Å². The molecule has 0 aliphatic carbocycles. The number of imidazole rings is 1. The van der Waals surface area contributed by atoms with E-state index in [1.807, 2.05) is 24.5 Å². The van der Waals surface area contributed by atoms with Gasteiger partial charge in [-0.15, -0.1) is 0 Å². The van der Waals surface area contributed by atoms with Crippen molar-refractivity contribution in [3.63, 3.8) is 0 Å². The topological polar surface area (TPSA) is 100 Å². The third kappa shape index (κ3) is 3.36. The number of fused-ring (bicyclic) bond motifs is 1. The van der Waals surface area contributed by atoms with Gasteiger partial charge in [-0.1, -0.05) is 12.1 Å². The zero-order chi connectivity index (χ0) is 18.9. The van der Waals surface area contributed by atoms with Gasteiger partial charge in [0, 0.05) is 29.8 Å². The third-order valence-corrected chi connectivity index (χ3v) is 5.34. The van der Waals surface area contributed by atoms with Crippen LogP contribution < -0.4 is 4.72 Å². The highest BCUT2D eigenvalue weighted by Crippen LogP contribution is 2.24. The minimum Gasteiger partial charge on any atom is -0.291 e. The maximum absolute atomic E-state index is 12.6. The smallest absolute Gasteiger partial charge is 0.261 e. The first-order valence-electron chi connectivity index (χ1n) is 7.98. The molecule has 0 atom stereocenters. The molecule has 0 aliphatic heterocycles. The molecule has 0 bridgehead atoms. The molecule has 8 heteroatoms. The molecule has 0 radical (unpaired) electrons. The lowest BCUT2D eigenvalue weighted by atomic mass is 10.1. The maximum Gasteiger partial charge on any atom is 0.261 e. The van der Waals surface area contributed by atoms with Crippen LogP contribution in [0.2, 0.25) is 0 Å². The maximum atomic E-state index is 12.6. The number of hydrogen-bond donors (Lipinski definition) is 1. The van der Waals surface area contributed by atoms with E-state index < -0.39 is 10.0 Å². The standard InChI is InChI=1S/C19H13N5O2S/c20-12-14-5-7-17(8-6-14)27(25,26)23-16-4-1-3-15(11-16)18-13-24-10-2-9-21-19(24)22-18/h1-11,13,23H. The fourth-order valence-electron chi connectivity index (χ4n) is 2.63. The molecule has 2 aromatic heterocycles. The number of nitrogens with one attached hydrogen (secondary N) is 1. The average Bonchev–Trinajstić information content (AvgIpc) is 3.12. The Balaban J connectivity index is 1.65.